The number of rotatable bonds is 8. The van der Waals surface area contributed by atoms with E-state index in [4.69, 9.17) is 0 Å². The van der Waals surface area contributed by atoms with E-state index in [0.717, 1.165) is 17.9 Å². The largest absolute Gasteiger partial charge is 0.375 e. The van der Waals surface area contributed by atoms with Crippen LogP contribution in [0, 0.1) is 0 Å². The van der Waals surface area contributed by atoms with Crippen molar-refractivity contribution in [3.63, 3.8) is 0 Å². The molecule has 1 aromatic carbocycles. The van der Waals surface area contributed by atoms with Crippen molar-refractivity contribution in [2.45, 2.75) is 39.3 Å². The molecule has 0 bridgehead atoms. The molecule has 0 saturated heterocycles. The highest BCUT2D eigenvalue weighted by molar-refractivity contribution is 5.89. The first-order chi connectivity index (χ1) is 11.6. The average Bonchev–Trinajstić information content (AvgIpc) is 3.05. The Balaban J connectivity index is 1.81. The molecule has 1 aromatic heterocycles. The van der Waals surface area contributed by atoms with Gasteiger partial charge in [0.2, 0.25) is 0 Å². The topological polar surface area (TPSA) is 75.1 Å². The minimum atomic E-state index is -0.227. The van der Waals surface area contributed by atoms with Gasteiger partial charge in [-0.25, -0.2) is 9.78 Å². The fraction of sp³-hybridized carbons (Fsp3) is 0.471. The molecular weight excluding hydrogens is 304 g/mol. The van der Waals surface area contributed by atoms with E-state index in [0.29, 0.717) is 6.54 Å². The highest BCUT2D eigenvalue weighted by Gasteiger charge is 2.09. The maximum absolute atomic E-state index is 12.0. The molecule has 1 heterocycles. The molecule has 0 saturated carbocycles. The highest BCUT2D eigenvalue weighted by atomic mass is 16.2. The number of urea groups is 1. The third-order valence-corrected chi connectivity index (χ3v) is 3.72. The second-order valence-corrected chi connectivity index (χ2v) is 5.94. The number of benzene rings is 1. The molecule has 0 aliphatic carbocycles. The minimum absolute atomic E-state index is 0.0499. The van der Waals surface area contributed by atoms with Gasteiger partial charge in [0.15, 0.2) is 0 Å². The zero-order valence-electron chi connectivity index (χ0n) is 14.6. The molecule has 0 aliphatic heterocycles. The summed E-state index contributed by atoms with van der Waals surface area (Å²) < 4.78 is 1.69. The quantitative estimate of drug-likeness (QED) is 0.780. The highest BCUT2D eigenvalue weighted by Crippen LogP contribution is 2.17. The monoisotopic (exact) mass is 330 g/mol. The number of unbranched alkanes of at least 4 members (excludes halogenated alkanes) is 1. The first kappa shape index (κ1) is 17.8. The van der Waals surface area contributed by atoms with Crippen LogP contribution >= 0.6 is 0 Å². The second kappa shape index (κ2) is 8.90. The number of carbonyl (C=O) groups excluding carboxylic acids is 1. The van der Waals surface area contributed by atoms with E-state index in [1.54, 1.807) is 11.0 Å². The number of hydrogen-bond acceptors (Lipinski definition) is 4. The maximum Gasteiger partial charge on any atom is 0.319 e. The Morgan fingerprint density at radius 3 is 2.71 bits per heavy atom. The van der Waals surface area contributed by atoms with Crippen LogP contribution in [0.15, 0.2) is 36.9 Å². The molecule has 7 heteroatoms. The molecular formula is C17H26N6O. The minimum Gasteiger partial charge on any atom is -0.375 e. The zero-order chi connectivity index (χ0) is 17.4. The van der Waals surface area contributed by atoms with Gasteiger partial charge in [0, 0.05) is 31.0 Å². The molecule has 2 aromatic rings. The Morgan fingerprint density at radius 2 is 2.08 bits per heavy atom. The van der Waals surface area contributed by atoms with Gasteiger partial charge in [-0.3, -0.25) is 4.68 Å². The first-order valence-electron chi connectivity index (χ1n) is 8.29. The lowest BCUT2D eigenvalue weighted by Gasteiger charge is -2.19. The summed E-state index contributed by atoms with van der Waals surface area (Å²) in [6.07, 6.45) is 5.45. The van der Waals surface area contributed by atoms with Gasteiger partial charge in [-0.15, -0.1) is 0 Å². The molecule has 24 heavy (non-hydrogen) atoms. The van der Waals surface area contributed by atoms with Crippen molar-refractivity contribution in [3.05, 3.63) is 36.9 Å². The van der Waals surface area contributed by atoms with E-state index in [9.17, 15) is 4.79 Å². The van der Waals surface area contributed by atoms with Gasteiger partial charge in [-0.1, -0.05) is 13.3 Å². The first-order valence-corrected chi connectivity index (χ1v) is 8.29. The van der Waals surface area contributed by atoms with Crippen LogP contribution in [0.5, 0.6) is 0 Å². The zero-order valence-corrected chi connectivity index (χ0v) is 14.6. The molecule has 130 valence electrons. The summed E-state index contributed by atoms with van der Waals surface area (Å²) in [4.78, 5) is 18.1. The van der Waals surface area contributed by atoms with E-state index in [2.05, 4.69) is 39.6 Å². The Bertz CT molecular complexity index is 611. The third kappa shape index (κ3) is 5.57. The van der Waals surface area contributed by atoms with Crippen molar-refractivity contribution < 1.29 is 4.79 Å². The van der Waals surface area contributed by atoms with Gasteiger partial charge in [0.25, 0.3) is 0 Å². The summed E-state index contributed by atoms with van der Waals surface area (Å²) in [5, 5.41) is 9.75. The predicted molar refractivity (Wildman–Crippen MR) is 96.3 cm³/mol. The Morgan fingerprint density at radius 1 is 1.33 bits per heavy atom. The molecule has 1 unspecified atom stereocenters. The van der Waals surface area contributed by atoms with E-state index < -0.39 is 0 Å². The van der Waals surface area contributed by atoms with E-state index in [1.165, 1.54) is 19.2 Å². The lowest BCUT2D eigenvalue weighted by Crippen LogP contribution is -2.38. The molecule has 0 aliphatic rings. The van der Waals surface area contributed by atoms with Crippen LogP contribution in [0.3, 0.4) is 0 Å². The van der Waals surface area contributed by atoms with Crippen LogP contribution in [0.25, 0.3) is 0 Å². The van der Waals surface area contributed by atoms with Crippen LogP contribution in [-0.4, -0.2) is 40.4 Å². The number of nitrogens with zero attached hydrogens (tertiary/aromatic N) is 4. The molecule has 7 nitrogen and oxygen atoms in total. The van der Waals surface area contributed by atoms with Gasteiger partial charge in [0.1, 0.15) is 12.7 Å². The molecule has 1 atom stereocenters. The number of carbonyl (C=O) groups is 1. The van der Waals surface area contributed by atoms with Crippen LogP contribution in [0.4, 0.5) is 16.2 Å². The average molecular weight is 330 g/mol. The number of amides is 2. The lowest BCUT2D eigenvalue weighted by molar-refractivity contribution is 0.247. The van der Waals surface area contributed by atoms with E-state index >= 15 is 0 Å². The summed E-state index contributed by atoms with van der Waals surface area (Å²) in [7, 11) is 2.08. The summed E-state index contributed by atoms with van der Waals surface area (Å²) >= 11 is 0. The molecule has 0 spiro atoms. The molecule has 2 N–H and O–H groups in total. The molecule has 2 amide bonds. The lowest BCUT2D eigenvalue weighted by atomic mass is 10.2. The summed E-state index contributed by atoms with van der Waals surface area (Å²) in [5.41, 5.74) is 1.92. The number of hydrogen-bond donors (Lipinski definition) is 2. The number of nitrogens with one attached hydrogen (secondary N) is 2. The standard InChI is InChI=1S/C17H26N6O/c1-4-5-10-22(3)16-8-6-15(7-9-16)21-17(24)20-14(2)11-23-13-18-12-19-23/h6-9,12-14H,4-5,10-11H2,1-3H3,(H2,20,21,24). The van der Waals surface area contributed by atoms with Gasteiger partial charge in [-0.05, 0) is 37.6 Å². The molecule has 0 fully saturated rings. The van der Waals surface area contributed by atoms with Crippen LogP contribution < -0.4 is 15.5 Å². The number of aromatic nitrogens is 3. The molecule has 0 radical (unpaired) electrons. The van der Waals surface area contributed by atoms with Crippen molar-refractivity contribution in [1.29, 1.82) is 0 Å². The van der Waals surface area contributed by atoms with Crippen LogP contribution in [0.1, 0.15) is 26.7 Å². The van der Waals surface area contributed by atoms with Crippen LogP contribution in [-0.2, 0) is 6.54 Å². The van der Waals surface area contributed by atoms with Gasteiger partial charge >= 0.3 is 6.03 Å². The van der Waals surface area contributed by atoms with Gasteiger partial charge in [-0.2, -0.15) is 5.10 Å². The van der Waals surface area contributed by atoms with Crippen molar-refractivity contribution >= 4 is 17.4 Å². The van der Waals surface area contributed by atoms with E-state index in [1.807, 2.05) is 31.2 Å². The number of anilines is 2. The van der Waals surface area contributed by atoms with Gasteiger partial charge in [0.05, 0.1) is 6.54 Å². The maximum atomic E-state index is 12.0. The molecule has 2 rings (SSSR count). The van der Waals surface area contributed by atoms with E-state index in [-0.39, 0.29) is 12.1 Å². The van der Waals surface area contributed by atoms with Gasteiger partial charge < -0.3 is 15.5 Å². The van der Waals surface area contributed by atoms with Crippen molar-refractivity contribution in [2.75, 3.05) is 23.8 Å². The van der Waals surface area contributed by atoms with Crippen molar-refractivity contribution in [3.8, 4) is 0 Å². The summed E-state index contributed by atoms with van der Waals surface area (Å²) in [5.74, 6) is 0. The van der Waals surface area contributed by atoms with Crippen molar-refractivity contribution in [2.24, 2.45) is 0 Å². The normalized spacial score (nSPS) is 11.8. The third-order valence-electron chi connectivity index (χ3n) is 3.72. The second-order valence-electron chi connectivity index (χ2n) is 5.94. The fourth-order valence-electron chi connectivity index (χ4n) is 2.37. The summed E-state index contributed by atoms with van der Waals surface area (Å²) in [6.45, 7) is 5.72. The Hall–Kier alpha value is -2.57. The van der Waals surface area contributed by atoms with Crippen LogP contribution in [0.2, 0.25) is 0 Å². The smallest absolute Gasteiger partial charge is 0.319 e. The predicted octanol–water partition coefficient (Wildman–Crippen LogP) is 2.72. The SMILES string of the molecule is CCCCN(C)c1ccc(NC(=O)NC(C)Cn2cncn2)cc1. The Kier molecular flexibility index (Phi) is 6.60. The fourth-order valence-corrected chi connectivity index (χ4v) is 2.37. The Labute approximate surface area is 143 Å². The summed E-state index contributed by atoms with van der Waals surface area (Å²) in [6, 6.07) is 7.59. The van der Waals surface area contributed by atoms with Crippen molar-refractivity contribution in [1.82, 2.24) is 20.1 Å².